The van der Waals surface area contributed by atoms with Gasteiger partial charge in [-0.15, -0.1) is 0 Å². The minimum absolute atomic E-state index is 0.492. The lowest BCUT2D eigenvalue weighted by molar-refractivity contribution is 0.175. The molecule has 0 bridgehead atoms. The molecule has 1 unspecified atom stereocenters. The number of rotatable bonds is 7. The zero-order valence-corrected chi connectivity index (χ0v) is 13.4. The van der Waals surface area contributed by atoms with Crippen LogP contribution in [-0.2, 0) is 6.42 Å². The van der Waals surface area contributed by atoms with E-state index in [1.165, 1.54) is 0 Å². The van der Waals surface area contributed by atoms with Crippen LogP contribution < -0.4 is 5.32 Å². The first-order valence-corrected chi connectivity index (χ1v) is 8.09. The van der Waals surface area contributed by atoms with E-state index < -0.39 is 6.10 Å². The molecule has 0 aliphatic rings. The van der Waals surface area contributed by atoms with Gasteiger partial charge in [0.05, 0.1) is 28.8 Å². The van der Waals surface area contributed by atoms with Crippen molar-refractivity contribution in [2.75, 3.05) is 13.1 Å². The highest BCUT2D eigenvalue weighted by Crippen LogP contribution is 2.13. The lowest BCUT2D eigenvalue weighted by Gasteiger charge is -2.12. The van der Waals surface area contributed by atoms with E-state index in [9.17, 15) is 5.11 Å². The maximum atomic E-state index is 10.1. The zero-order chi connectivity index (χ0) is 16.8. The molecule has 0 spiro atoms. The van der Waals surface area contributed by atoms with Crippen LogP contribution in [0.3, 0.4) is 0 Å². The van der Waals surface area contributed by atoms with Crippen molar-refractivity contribution >= 4 is 11.0 Å². The number of nitriles is 1. The van der Waals surface area contributed by atoms with Crippen molar-refractivity contribution in [3.63, 3.8) is 0 Å². The Morgan fingerprint density at radius 2 is 1.96 bits per heavy atom. The molecule has 0 radical (unpaired) electrons. The molecule has 24 heavy (non-hydrogen) atoms. The van der Waals surface area contributed by atoms with E-state index in [0.717, 1.165) is 41.8 Å². The summed E-state index contributed by atoms with van der Waals surface area (Å²) in [5, 5.41) is 22.2. The van der Waals surface area contributed by atoms with Gasteiger partial charge >= 0.3 is 0 Å². The summed E-state index contributed by atoms with van der Waals surface area (Å²) in [7, 11) is 0. The number of nitrogens with one attached hydrogen (secondary N) is 2. The minimum Gasteiger partial charge on any atom is -0.387 e. The van der Waals surface area contributed by atoms with Crippen LogP contribution in [0.1, 0.15) is 29.5 Å². The lowest BCUT2D eigenvalue weighted by atomic mass is 10.1. The van der Waals surface area contributed by atoms with E-state index in [2.05, 4.69) is 21.4 Å². The van der Waals surface area contributed by atoms with Gasteiger partial charge in [-0.3, -0.25) is 0 Å². The van der Waals surface area contributed by atoms with Gasteiger partial charge in [-0.2, -0.15) is 5.26 Å². The van der Waals surface area contributed by atoms with Crippen LogP contribution in [0.5, 0.6) is 0 Å². The molecule has 3 N–H and O–H groups in total. The molecule has 3 aromatic rings. The minimum atomic E-state index is -0.566. The first kappa shape index (κ1) is 16.2. The highest BCUT2D eigenvalue weighted by atomic mass is 16.3. The van der Waals surface area contributed by atoms with Crippen LogP contribution in [0.2, 0.25) is 0 Å². The average Bonchev–Trinajstić information content (AvgIpc) is 3.04. The van der Waals surface area contributed by atoms with E-state index in [4.69, 9.17) is 5.26 Å². The van der Waals surface area contributed by atoms with Gasteiger partial charge in [-0.05, 0) is 42.8 Å². The Labute approximate surface area is 141 Å². The molecule has 1 heterocycles. The summed E-state index contributed by atoms with van der Waals surface area (Å²) < 4.78 is 0. The van der Waals surface area contributed by atoms with Crippen molar-refractivity contribution < 1.29 is 5.11 Å². The standard InChI is InChI=1S/C19H20N4O/c20-12-14-7-9-15(10-8-14)18(24)13-21-11-3-6-19-22-16-4-1-2-5-17(16)23-19/h1-2,4-5,7-10,18,21,24H,3,6,11,13H2,(H,22,23). The average molecular weight is 320 g/mol. The Morgan fingerprint density at radius 3 is 2.71 bits per heavy atom. The number of nitrogens with zero attached hydrogens (tertiary/aromatic N) is 2. The summed E-state index contributed by atoms with van der Waals surface area (Å²) in [5.41, 5.74) is 3.48. The number of aromatic nitrogens is 2. The quantitative estimate of drug-likeness (QED) is 0.584. The van der Waals surface area contributed by atoms with Gasteiger partial charge < -0.3 is 15.4 Å². The number of aliphatic hydroxyl groups is 1. The van der Waals surface area contributed by atoms with Crippen LogP contribution in [0.25, 0.3) is 11.0 Å². The number of aromatic amines is 1. The number of hydrogen-bond donors (Lipinski definition) is 3. The van der Waals surface area contributed by atoms with E-state index in [0.29, 0.717) is 12.1 Å². The van der Waals surface area contributed by atoms with Crippen molar-refractivity contribution in [2.45, 2.75) is 18.9 Å². The summed E-state index contributed by atoms with van der Waals surface area (Å²) in [6, 6.07) is 17.1. The fraction of sp³-hybridized carbons (Fsp3) is 0.263. The number of benzene rings is 2. The Kier molecular flexibility index (Phi) is 5.22. The molecule has 1 atom stereocenters. The predicted molar refractivity (Wildman–Crippen MR) is 93.4 cm³/mol. The van der Waals surface area contributed by atoms with Crippen LogP contribution in [-0.4, -0.2) is 28.2 Å². The summed E-state index contributed by atoms with van der Waals surface area (Å²) in [4.78, 5) is 7.87. The molecular formula is C19H20N4O. The molecule has 0 aliphatic heterocycles. The van der Waals surface area contributed by atoms with Crippen LogP contribution in [0.4, 0.5) is 0 Å². The fourth-order valence-electron chi connectivity index (χ4n) is 2.64. The van der Waals surface area contributed by atoms with E-state index in [-0.39, 0.29) is 0 Å². The first-order valence-electron chi connectivity index (χ1n) is 8.09. The SMILES string of the molecule is N#Cc1ccc(C(O)CNCCCc2nc3ccccc3[nH]2)cc1. The third-order valence-corrected chi connectivity index (χ3v) is 3.97. The smallest absolute Gasteiger partial charge is 0.107 e. The van der Waals surface area contributed by atoms with E-state index in [1.807, 2.05) is 24.3 Å². The molecule has 0 saturated carbocycles. The molecule has 2 aromatic carbocycles. The van der Waals surface area contributed by atoms with Crippen molar-refractivity contribution in [1.29, 1.82) is 5.26 Å². The number of aryl methyl sites for hydroxylation is 1. The van der Waals surface area contributed by atoms with Crippen molar-refractivity contribution in [2.24, 2.45) is 0 Å². The Morgan fingerprint density at radius 1 is 1.17 bits per heavy atom. The summed E-state index contributed by atoms with van der Waals surface area (Å²) in [5.74, 6) is 0.991. The molecule has 5 heteroatoms. The summed E-state index contributed by atoms with van der Waals surface area (Å²) >= 11 is 0. The van der Waals surface area contributed by atoms with Crippen LogP contribution >= 0.6 is 0 Å². The molecule has 3 rings (SSSR count). The van der Waals surface area contributed by atoms with Gasteiger partial charge in [0.1, 0.15) is 5.82 Å². The summed E-state index contributed by atoms with van der Waals surface area (Å²) in [6.45, 7) is 1.30. The molecule has 0 saturated heterocycles. The predicted octanol–water partition coefficient (Wildman–Crippen LogP) is 2.69. The number of para-hydroxylation sites is 2. The Bertz CT molecular complexity index is 799. The van der Waals surface area contributed by atoms with Gasteiger partial charge in [0, 0.05) is 13.0 Å². The van der Waals surface area contributed by atoms with Gasteiger partial charge in [0.2, 0.25) is 0 Å². The van der Waals surface area contributed by atoms with Crippen molar-refractivity contribution in [3.05, 3.63) is 65.5 Å². The first-order chi connectivity index (χ1) is 11.8. The number of aliphatic hydroxyl groups excluding tert-OH is 1. The summed E-state index contributed by atoms with van der Waals surface area (Å²) in [6.07, 6.45) is 1.25. The fourth-order valence-corrected chi connectivity index (χ4v) is 2.64. The van der Waals surface area contributed by atoms with E-state index in [1.54, 1.807) is 24.3 Å². The third-order valence-electron chi connectivity index (χ3n) is 3.97. The maximum absolute atomic E-state index is 10.1. The number of imidazole rings is 1. The Balaban J connectivity index is 1.40. The number of hydrogen-bond acceptors (Lipinski definition) is 4. The molecule has 122 valence electrons. The monoisotopic (exact) mass is 320 g/mol. The molecule has 0 aliphatic carbocycles. The molecule has 5 nitrogen and oxygen atoms in total. The second-order valence-corrected chi connectivity index (χ2v) is 5.76. The Hall–Kier alpha value is -2.68. The van der Waals surface area contributed by atoms with Crippen molar-refractivity contribution in [1.82, 2.24) is 15.3 Å². The topological polar surface area (TPSA) is 84.7 Å². The van der Waals surface area contributed by atoms with Crippen LogP contribution in [0.15, 0.2) is 48.5 Å². The largest absolute Gasteiger partial charge is 0.387 e. The van der Waals surface area contributed by atoms with Crippen molar-refractivity contribution in [3.8, 4) is 6.07 Å². The second kappa shape index (κ2) is 7.73. The number of fused-ring (bicyclic) bond motifs is 1. The van der Waals surface area contributed by atoms with E-state index >= 15 is 0 Å². The molecular weight excluding hydrogens is 300 g/mol. The highest BCUT2D eigenvalue weighted by Gasteiger charge is 2.07. The zero-order valence-electron chi connectivity index (χ0n) is 13.4. The number of H-pyrrole nitrogens is 1. The van der Waals surface area contributed by atoms with Gasteiger partial charge in [0.15, 0.2) is 0 Å². The lowest BCUT2D eigenvalue weighted by Crippen LogP contribution is -2.23. The molecule has 0 fully saturated rings. The third kappa shape index (κ3) is 3.99. The van der Waals surface area contributed by atoms with Gasteiger partial charge in [-0.1, -0.05) is 24.3 Å². The van der Waals surface area contributed by atoms with Gasteiger partial charge in [-0.25, -0.2) is 4.98 Å². The second-order valence-electron chi connectivity index (χ2n) is 5.76. The van der Waals surface area contributed by atoms with Crippen LogP contribution in [0, 0.1) is 11.3 Å². The maximum Gasteiger partial charge on any atom is 0.107 e. The van der Waals surface area contributed by atoms with Gasteiger partial charge in [0.25, 0.3) is 0 Å². The highest BCUT2D eigenvalue weighted by molar-refractivity contribution is 5.74. The normalized spacial score (nSPS) is 12.2. The molecule has 1 aromatic heterocycles. The molecule has 0 amide bonds.